The highest BCUT2D eigenvalue weighted by molar-refractivity contribution is 6.32. The summed E-state index contributed by atoms with van der Waals surface area (Å²) in [4.78, 5) is 12.7. The molecule has 0 aliphatic rings. The molecular weight excluding hydrogens is 349 g/mol. The second-order valence-corrected chi connectivity index (χ2v) is 5.95. The molecule has 0 radical (unpaired) electrons. The van der Waals surface area contributed by atoms with Gasteiger partial charge >= 0.3 is 7.32 Å². The number of methoxy groups -OCH3 is 1. The number of hydrogen-bond donors (Lipinski definition) is 3. The van der Waals surface area contributed by atoms with Crippen molar-refractivity contribution in [2.24, 2.45) is 0 Å². The van der Waals surface area contributed by atoms with Gasteiger partial charge in [-0.1, -0.05) is 48.5 Å². The summed E-state index contributed by atoms with van der Waals surface area (Å²) >= 11 is 0. The van der Waals surface area contributed by atoms with Crippen LogP contribution in [0, 0.1) is 0 Å². The molecule has 2 atom stereocenters. The van der Waals surface area contributed by atoms with Crippen molar-refractivity contribution in [1.29, 1.82) is 0 Å². The molecule has 0 aliphatic carbocycles. The van der Waals surface area contributed by atoms with Gasteiger partial charge in [0.25, 0.3) is 5.91 Å². The fourth-order valence-electron chi connectivity index (χ4n) is 2.93. The van der Waals surface area contributed by atoms with E-state index >= 15 is 0 Å². The molecule has 140 valence electrons. The molecule has 1 heterocycles. The minimum absolute atomic E-state index is 0.186. The van der Waals surface area contributed by atoms with Crippen LogP contribution in [-0.2, 0) is 20.6 Å². The number of nitrogens with one attached hydrogen (secondary N) is 1. The molecule has 27 heavy (non-hydrogen) atoms. The molecule has 0 bridgehead atoms. The van der Waals surface area contributed by atoms with Gasteiger partial charge < -0.3 is 29.2 Å². The van der Waals surface area contributed by atoms with Crippen LogP contribution >= 0.6 is 0 Å². The van der Waals surface area contributed by atoms with Crippen LogP contribution in [0.5, 0.6) is 0 Å². The van der Waals surface area contributed by atoms with Crippen LogP contribution in [0.15, 0.2) is 65.3 Å². The molecule has 2 aromatic carbocycles. The summed E-state index contributed by atoms with van der Waals surface area (Å²) in [6.07, 6.45) is -0.0952. The lowest BCUT2D eigenvalue weighted by molar-refractivity contribution is -0.134. The van der Waals surface area contributed by atoms with E-state index < -0.39 is 25.6 Å². The lowest BCUT2D eigenvalue weighted by Gasteiger charge is -2.22. The molecule has 8 heteroatoms. The Hall–Kier alpha value is -2.65. The Morgan fingerprint density at radius 3 is 2.56 bits per heavy atom. The Balaban J connectivity index is 1.77. The van der Waals surface area contributed by atoms with Gasteiger partial charge in [0.05, 0.1) is 6.26 Å². The smallest absolute Gasteiger partial charge is 0.464 e. The summed E-state index contributed by atoms with van der Waals surface area (Å²) in [7, 11) is -0.608. The number of fused-ring (bicyclic) bond motifs is 1. The molecule has 1 aromatic heterocycles. The third-order valence-electron chi connectivity index (χ3n) is 4.13. The van der Waals surface area contributed by atoms with Crippen LogP contribution in [0.4, 0.5) is 0 Å². The highest BCUT2D eigenvalue weighted by Gasteiger charge is 2.26. The van der Waals surface area contributed by atoms with E-state index in [1.165, 1.54) is 7.11 Å². The van der Waals surface area contributed by atoms with Crippen LogP contribution in [0.3, 0.4) is 0 Å². The average Bonchev–Trinajstić information content (AvgIpc) is 3.06. The molecule has 3 N–H and O–H groups in total. The lowest BCUT2D eigenvalue weighted by atomic mass is 10.1. The monoisotopic (exact) mass is 369 g/mol. The van der Waals surface area contributed by atoms with E-state index in [0.29, 0.717) is 11.1 Å². The first-order valence-electron chi connectivity index (χ1n) is 8.43. The molecule has 7 nitrogen and oxygen atoms in total. The fourth-order valence-corrected chi connectivity index (χ4v) is 2.93. The Kier molecular flexibility index (Phi) is 6.26. The Bertz CT molecular complexity index is 882. The first kappa shape index (κ1) is 19.1. The molecule has 0 saturated carbocycles. The molecule has 0 fully saturated rings. The van der Waals surface area contributed by atoms with Crippen LogP contribution < -0.4 is 5.32 Å². The van der Waals surface area contributed by atoms with Crippen LogP contribution in [0.2, 0.25) is 0 Å². The number of para-hydroxylation sites is 1. The van der Waals surface area contributed by atoms with Crippen molar-refractivity contribution in [3.05, 3.63) is 72.0 Å². The van der Waals surface area contributed by atoms with Crippen LogP contribution in [0.25, 0.3) is 11.0 Å². The number of hydrogen-bond acceptors (Lipinski definition) is 6. The average molecular weight is 369 g/mol. The van der Waals surface area contributed by atoms with Crippen LogP contribution in [0.1, 0.15) is 17.2 Å². The van der Waals surface area contributed by atoms with E-state index in [9.17, 15) is 14.8 Å². The van der Waals surface area contributed by atoms with Gasteiger partial charge in [-0.05, 0) is 11.6 Å². The number of ether oxygens (including phenoxy) is 1. The number of amides is 1. The van der Waals surface area contributed by atoms with E-state index in [-0.39, 0.29) is 6.42 Å². The summed E-state index contributed by atoms with van der Waals surface area (Å²) < 4.78 is 15.8. The van der Waals surface area contributed by atoms with Gasteiger partial charge in [0, 0.05) is 24.5 Å². The molecule has 0 spiro atoms. The van der Waals surface area contributed by atoms with E-state index in [1.54, 1.807) is 30.5 Å². The van der Waals surface area contributed by atoms with E-state index in [2.05, 4.69) is 5.32 Å². The van der Waals surface area contributed by atoms with Gasteiger partial charge in [0.2, 0.25) is 0 Å². The number of rotatable bonds is 8. The van der Waals surface area contributed by atoms with Crippen molar-refractivity contribution >= 4 is 24.2 Å². The zero-order chi connectivity index (χ0) is 19.2. The minimum atomic E-state index is -2.04. The minimum Gasteiger partial charge on any atom is -0.464 e. The molecule has 0 saturated heterocycles. The van der Waals surface area contributed by atoms with Crippen molar-refractivity contribution in [2.75, 3.05) is 7.11 Å². The maximum atomic E-state index is 12.7. The highest BCUT2D eigenvalue weighted by atomic mass is 16.6. The second kappa shape index (κ2) is 8.83. The SMILES string of the molecule is CO[C@H](C(=O)N[C@@H](Cc1coc2ccccc12)OB(O)O)c1ccccc1. The van der Waals surface area contributed by atoms with E-state index in [0.717, 1.165) is 10.9 Å². The highest BCUT2D eigenvalue weighted by Crippen LogP contribution is 2.23. The quantitative estimate of drug-likeness (QED) is 0.414. The second-order valence-electron chi connectivity index (χ2n) is 5.95. The molecule has 3 aromatic rings. The summed E-state index contributed by atoms with van der Waals surface area (Å²) in [5, 5.41) is 21.9. The summed E-state index contributed by atoms with van der Waals surface area (Å²) in [6, 6.07) is 16.4. The maximum Gasteiger partial charge on any atom is 0.635 e. The van der Waals surface area contributed by atoms with E-state index in [1.807, 2.05) is 30.3 Å². The van der Waals surface area contributed by atoms with Crippen molar-refractivity contribution in [3.8, 4) is 0 Å². The van der Waals surface area contributed by atoms with Crippen LogP contribution in [-0.4, -0.2) is 36.6 Å². The number of benzene rings is 2. The van der Waals surface area contributed by atoms with Crippen molar-refractivity contribution < 1.29 is 28.7 Å². The lowest BCUT2D eigenvalue weighted by Crippen LogP contribution is -2.44. The zero-order valence-corrected chi connectivity index (χ0v) is 14.7. The predicted molar refractivity (Wildman–Crippen MR) is 99.3 cm³/mol. The molecule has 3 rings (SSSR count). The largest absolute Gasteiger partial charge is 0.635 e. The summed E-state index contributed by atoms with van der Waals surface area (Å²) in [5.41, 5.74) is 2.14. The maximum absolute atomic E-state index is 12.7. The Labute approximate surface area is 156 Å². The third kappa shape index (κ3) is 4.75. The van der Waals surface area contributed by atoms with Gasteiger partial charge in [0.15, 0.2) is 6.10 Å². The predicted octanol–water partition coefficient (Wildman–Crippen LogP) is 1.79. The van der Waals surface area contributed by atoms with Gasteiger partial charge in [0.1, 0.15) is 11.8 Å². The molecule has 0 unspecified atom stereocenters. The zero-order valence-electron chi connectivity index (χ0n) is 14.7. The first-order chi connectivity index (χ1) is 13.1. The summed E-state index contributed by atoms with van der Waals surface area (Å²) in [5.74, 6) is -0.456. The van der Waals surface area contributed by atoms with E-state index in [4.69, 9.17) is 13.8 Å². The number of carbonyl (C=O) groups is 1. The topological polar surface area (TPSA) is 101 Å². The third-order valence-corrected chi connectivity index (χ3v) is 4.13. The Morgan fingerprint density at radius 1 is 1.15 bits per heavy atom. The number of carbonyl (C=O) groups excluding carboxylic acids is 1. The first-order valence-corrected chi connectivity index (χ1v) is 8.43. The van der Waals surface area contributed by atoms with Gasteiger partial charge in [-0.2, -0.15) is 0 Å². The summed E-state index contributed by atoms with van der Waals surface area (Å²) in [6.45, 7) is 0. The standard InChI is InChI=1S/C19H20BNO6/c1-25-18(13-7-3-2-4-8-13)19(22)21-17(27-20(23)24)11-14-12-26-16-10-6-5-9-15(14)16/h2-10,12,17-18,23-24H,11H2,1H3,(H,21,22)/t17-,18+/m1/s1. The molecule has 1 amide bonds. The molecular formula is C19H20BNO6. The van der Waals surface area contributed by atoms with Gasteiger partial charge in [-0.15, -0.1) is 0 Å². The number of furan rings is 1. The van der Waals surface area contributed by atoms with Gasteiger partial charge in [-0.25, -0.2) is 0 Å². The fraction of sp³-hybridized carbons (Fsp3) is 0.211. The van der Waals surface area contributed by atoms with Crippen molar-refractivity contribution in [2.45, 2.75) is 18.8 Å². The Morgan fingerprint density at radius 2 is 1.85 bits per heavy atom. The van der Waals surface area contributed by atoms with Gasteiger partial charge in [-0.3, -0.25) is 4.79 Å². The van der Waals surface area contributed by atoms with Crippen molar-refractivity contribution in [3.63, 3.8) is 0 Å². The normalized spacial score (nSPS) is 13.3. The van der Waals surface area contributed by atoms with Crippen molar-refractivity contribution in [1.82, 2.24) is 5.32 Å². The molecule has 0 aliphatic heterocycles.